The van der Waals surface area contributed by atoms with Gasteiger partial charge in [-0.2, -0.15) is 0 Å². The molecule has 1 unspecified atom stereocenters. The Morgan fingerprint density at radius 1 is 0.919 bits per heavy atom. The summed E-state index contributed by atoms with van der Waals surface area (Å²) >= 11 is 6.39. The van der Waals surface area contributed by atoms with E-state index in [0.29, 0.717) is 40.9 Å². The number of hydrogen-bond donors (Lipinski definition) is 1. The maximum absolute atomic E-state index is 13.5. The number of amides is 1. The smallest absolute Gasteiger partial charge is 0.300 e. The summed E-state index contributed by atoms with van der Waals surface area (Å²) in [5.41, 5.74) is 0.963. The van der Waals surface area contributed by atoms with Crippen LogP contribution in [0.15, 0.2) is 66.2 Å². The van der Waals surface area contributed by atoms with Crippen molar-refractivity contribution >= 4 is 34.7 Å². The first-order valence-electron chi connectivity index (χ1n) is 11.4. The third-order valence-electron chi connectivity index (χ3n) is 6.00. The third kappa shape index (κ3) is 4.80. The highest BCUT2D eigenvalue weighted by molar-refractivity contribution is 6.52. The number of methoxy groups -OCH3 is 3. The first-order valence-corrected chi connectivity index (χ1v) is 11.8. The van der Waals surface area contributed by atoms with Crippen LogP contribution in [0.4, 0.5) is 5.69 Å². The SMILES string of the molecule is CCOc1cccc(N2C(=O)C(=O)/C(=C(/O)c3cc(OC)ccc3Cl)C2c2ccc(OC)c(OC)c2)c1. The molecule has 1 saturated heterocycles. The Balaban J connectivity index is 1.99. The van der Waals surface area contributed by atoms with Gasteiger partial charge in [-0.25, -0.2) is 0 Å². The number of rotatable bonds is 8. The minimum atomic E-state index is -1.00. The van der Waals surface area contributed by atoms with Crippen molar-refractivity contribution in [1.82, 2.24) is 0 Å². The monoisotopic (exact) mass is 523 g/mol. The number of benzene rings is 3. The molecule has 0 bridgehead atoms. The Morgan fingerprint density at radius 2 is 1.68 bits per heavy atom. The number of Topliss-reactive ketones (excluding diaryl/α,β-unsaturated/α-hetero) is 1. The number of aliphatic hydroxyl groups is 1. The van der Waals surface area contributed by atoms with E-state index in [9.17, 15) is 14.7 Å². The van der Waals surface area contributed by atoms with E-state index in [1.54, 1.807) is 54.6 Å². The molecule has 1 heterocycles. The lowest BCUT2D eigenvalue weighted by molar-refractivity contribution is -0.132. The van der Waals surface area contributed by atoms with Gasteiger partial charge in [0.2, 0.25) is 0 Å². The molecule has 0 aliphatic carbocycles. The zero-order valence-corrected chi connectivity index (χ0v) is 21.5. The van der Waals surface area contributed by atoms with E-state index in [1.165, 1.54) is 32.3 Å². The highest BCUT2D eigenvalue weighted by atomic mass is 35.5. The van der Waals surface area contributed by atoms with Gasteiger partial charge in [-0.15, -0.1) is 0 Å². The largest absolute Gasteiger partial charge is 0.507 e. The van der Waals surface area contributed by atoms with Gasteiger partial charge >= 0.3 is 0 Å². The summed E-state index contributed by atoms with van der Waals surface area (Å²) < 4.78 is 21.7. The van der Waals surface area contributed by atoms with Crippen molar-refractivity contribution < 1.29 is 33.6 Å². The van der Waals surface area contributed by atoms with Crippen LogP contribution in [0.5, 0.6) is 23.0 Å². The molecular weight excluding hydrogens is 498 g/mol. The van der Waals surface area contributed by atoms with E-state index >= 15 is 0 Å². The van der Waals surface area contributed by atoms with Gasteiger partial charge in [0, 0.05) is 17.3 Å². The molecule has 8 nitrogen and oxygen atoms in total. The summed E-state index contributed by atoms with van der Waals surface area (Å²) in [6.45, 7) is 2.27. The normalized spacial score (nSPS) is 16.6. The van der Waals surface area contributed by atoms with E-state index in [0.717, 1.165) is 0 Å². The predicted octanol–water partition coefficient (Wildman–Crippen LogP) is 5.39. The number of nitrogens with zero attached hydrogens (tertiary/aromatic N) is 1. The average molecular weight is 524 g/mol. The van der Waals surface area contributed by atoms with Crippen molar-refractivity contribution in [2.45, 2.75) is 13.0 Å². The van der Waals surface area contributed by atoms with Crippen LogP contribution >= 0.6 is 11.6 Å². The molecule has 0 saturated carbocycles. The molecule has 0 aromatic heterocycles. The minimum absolute atomic E-state index is 0.130. The summed E-state index contributed by atoms with van der Waals surface area (Å²) in [4.78, 5) is 28.3. The summed E-state index contributed by atoms with van der Waals surface area (Å²) in [5.74, 6) is -0.279. The highest BCUT2D eigenvalue weighted by Gasteiger charge is 2.47. The molecule has 9 heteroatoms. The van der Waals surface area contributed by atoms with Crippen molar-refractivity contribution in [2.24, 2.45) is 0 Å². The van der Waals surface area contributed by atoms with Crippen LogP contribution in [0.25, 0.3) is 5.76 Å². The zero-order valence-electron chi connectivity index (χ0n) is 20.8. The molecule has 4 rings (SSSR count). The maximum atomic E-state index is 13.5. The number of ketones is 1. The van der Waals surface area contributed by atoms with Crippen molar-refractivity contribution in [1.29, 1.82) is 0 Å². The van der Waals surface area contributed by atoms with E-state index in [2.05, 4.69) is 0 Å². The predicted molar refractivity (Wildman–Crippen MR) is 140 cm³/mol. The van der Waals surface area contributed by atoms with Crippen LogP contribution in [-0.2, 0) is 9.59 Å². The molecule has 0 spiro atoms. The van der Waals surface area contributed by atoms with Crippen LogP contribution in [0.3, 0.4) is 0 Å². The molecule has 0 radical (unpaired) electrons. The van der Waals surface area contributed by atoms with E-state index in [4.69, 9.17) is 30.5 Å². The first-order chi connectivity index (χ1) is 17.8. The van der Waals surface area contributed by atoms with Crippen LogP contribution in [0.2, 0.25) is 5.02 Å². The molecule has 192 valence electrons. The Labute approximate surface area is 219 Å². The fourth-order valence-electron chi connectivity index (χ4n) is 4.28. The lowest BCUT2D eigenvalue weighted by atomic mass is 9.94. The number of ether oxygens (including phenoxy) is 4. The number of carbonyl (C=O) groups excluding carboxylic acids is 2. The molecule has 1 N–H and O–H groups in total. The molecule has 3 aromatic rings. The highest BCUT2D eigenvalue weighted by Crippen LogP contribution is 2.45. The van der Waals surface area contributed by atoms with Crippen molar-refractivity contribution in [3.63, 3.8) is 0 Å². The van der Waals surface area contributed by atoms with Gasteiger partial charge in [-0.05, 0) is 55.0 Å². The second-order valence-corrected chi connectivity index (χ2v) is 8.47. The van der Waals surface area contributed by atoms with E-state index < -0.39 is 23.5 Å². The Morgan fingerprint density at radius 3 is 2.35 bits per heavy atom. The number of carbonyl (C=O) groups is 2. The lowest BCUT2D eigenvalue weighted by Crippen LogP contribution is -2.29. The van der Waals surface area contributed by atoms with Crippen LogP contribution in [0, 0.1) is 0 Å². The number of hydrogen-bond acceptors (Lipinski definition) is 7. The van der Waals surface area contributed by atoms with Crippen molar-refractivity contribution in [3.05, 3.63) is 82.4 Å². The Hall–Kier alpha value is -4.17. The molecule has 1 fully saturated rings. The molecule has 1 aliphatic heterocycles. The van der Waals surface area contributed by atoms with Gasteiger partial charge in [-0.1, -0.05) is 23.7 Å². The van der Waals surface area contributed by atoms with E-state index in [-0.39, 0.29) is 16.2 Å². The molecule has 1 amide bonds. The summed E-state index contributed by atoms with van der Waals surface area (Å²) in [5, 5.41) is 11.6. The van der Waals surface area contributed by atoms with Crippen LogP contribution in [-0.4, -0.2) is 44.7 Å². The van der Waals surface area contributed by atoms with Gasteiger partial charge in [0.05, 0.1) is 44.6 Å². The zero-order chi connectivity index (χ0) is 26.7. The summed E-state index contributed by atoms with van der Waals surface area (Å²) in [6.07, 6.45) is 0. The number of aliphatic hydroxyl groups excluding tert-OH is 1. The first kappa shape index (κ1) is 25.9. The van der Waals surface area contributed by atoms with Crippen LogP contribution < -0.4 is 23.8 Å². The van der Waals surface area contributed by atoms with Gasteiger partial charge in [-0.3, -0.25) is 14.5 Å². The second-order valence-electron chi connectivity index (χ2n) is 8.06. The standard InChI is InChI=1S/C28H26ClNO7/c1-5-37-19-8-6-7-17(14-19)30-25(16-9-12-22(35-3)23(13-16)36-4)24(27(32)28(30)33)26(31)20-15-18(34-2)10-11-21(20)29/h6-15,25,31H,5H2,1-4H3/b26-24+. The fourth-order valence-corrected chi connectivity index (χ4v) is 4.49. The molecular formula is C28H26ClNO7. The summed E-state index contributed by atoms with van der Waals surface area (Å²) in [7, 11) is 4.47. The number of halogens is 1. The van der Waals surface area contributed by atoms with Gasteiger partial charge in [0.25, 0.3) is 11.7 Å². The van der Waals surface area contributed by atoms with Gasteiger partial charge < -0.3 is 24.1 Å². The average Bonchev–Trinajstić information content (AvgIpc) is 3.18. The Bertz CT molecular complexity index is 1380. The minimum Gasteiger partial charge on any atom is -0.507 e. The Kier molecular flexibility index (Phi) is 7.59. The quantitative estimate of drug-likeness (QED) is 0.240. The molecule has 3 aromatic carbocycles. The van der Waals surface area contributed by atoms with Gasteiger partial charge in [0.1, 0.15) is 17.3 Å². The maximum Gasteiger partial charge on any atom is 0.300 e. The second kappa shape index (κ2) is 10.8. The van der Waals surface area contributed by atoms with Crippen molar-refractivity contribution in [3.8, 4) is 23.0 Å². The number of anilines is 1. The van der Waals surface area contributed by atoms with Crippen LogP contribution in [0.1, 0.15) is 24.1 Å². The fraction of sp³-hybridized carbons (Fsp3) is 0.214. The molecule has 1 aliphatic rings. The lowest BCUT2D eigenvalue weighted by Gasteiger charge is -2.26. The topological polar surface area (TPSA) is 94.5 Å². The molecule has 1 atom stereocenters. The van der Waals surface area contributed by atoms with Gasteiger partial charge in [0.15, 0.2) is 11.5 Å². The third-order valence-corrected chi connectivity index (χ3v) is 6.33. The molecule has 37 heavy (non-hydrogen) atoms. The van der Waals surface area contributed by atoms with Crippen molar-refractivity contribution in [2.75, 3.05) is 32.8 Å². The summed E-state index contributed by atoms with van der Waals surface area (Å²) in [6, 6.07) is 15.6. The van der Waals surface area contributed by atoms with E-state index in [1.807, 2.05) is 6.92 Å².